The van der Waals surface area contributed by atoms with E-state index < -0.39 is 11.8 Å². The number of fused-ring (bicyclic) bond motifs is 1. The molecule has 0 unspecified atom stereocenters. The predicted octanol–water partition coefficient (Wildman–Crippen LogP) is 2.80. The Morgan fingerprint density at radius 2 is 1.79 bits per heavy atom. The number of benzene rings is 2. The quantitative estimate of drug-likeness (QED) is 0.646. The van der Waals surface area contributed by atoms with Crippen molar-refractivity contribution in [1.82, 2.24) is 10.9 Å². The Bertz CT molecular complexity index is 1020. The number of para-hydroxylation sites is 1. The van der Waals surface area contributed by atoms with Crippen molar-refractivity contribution >= 4 is 11.8 Å². The van der Waals surface area contributed by atoms with Gasteiger partial charge in [0.15, 0.2) is 12.6 Å². The Labute approximate surface area is 166 Å². The topological polar surface area (TPSA) is 99.0 Å². The molecule has 0 aliphatic carbocycles. The summed E-state index contributed by atoms with van der Waals surface area (Å²) in [4.78, 5) is 24.5. The fraction of sp³-hybridized carbons (Fsp3) is 0.143. The van der Waals surface area contributed by atoms with E-state index in [0.717, 1.165) is 5.56 Å². The summed E-state index contributed by atoms with van der Waals surface area (Å²) in [5.41, 5.74) is 5.83. The summed E-state index contributed by atoms with van der Waals surface area (Å²) in [6.07, 6.45) is 0. The summed E-state index contributed by atoms with van der Waals surface area (Å²) < 4.78 is 21.5. The van der Waals surface area contributed by atoms with Gasteiger partial charge >= 0.3 is 5.91 Å². The molecule has 1 aliphatic heterocycles. The van der Waals surface area contributed by atoms with Gasteiger partial charge in [-0.2, -0.15) is 0 Å². The first-order chi connectivity index (χ1) is 14.2. The van der Waals surface area contributed by atoms with Crippen LogP contribution in [0.15, 0.2) is 65.1 Å². The molecule has 0 atom stereocenters. The van der Waals surface area contributed by atoms with Crippen molar-refractivity contribution in [3.63, 3.8) is 0 Å². The van der Waals surface area contributed by atoms with Gasteiger partial charge in [-0.3, -0.25) is 20.4 Å². The summed E-state index contributed by atoms with van der Waals surface area (Å²) in [5, 5.41) is 0. The van der Waals surface area contributed by atoms with Crippen LogP contribution in [-0.2, 0) is 18.0 Å². The molecule has 2 amide bonds. The fourth-order valence-corrected chi connectivity index (χ4v) is 2.73. The van der Waals surface area contributed by atoms with E-state index in [1.165, 1.54) is 6.07 Å². The number of hydrazine groups is 1. The molecule has 1 aromatic heterocycles. The molecule has 2 N–H and O–H groups in total. The number of hydrogen-bond acceptors (Lipinski definition) is 6. The first-order valence-corrected chi connectivity index (χ1v) is 8.90. The molecule has 2 aromatic carbocycles. The van der Waals surface area contributed by atoms with Crippen molar-refractivity contribution in [3.05, 3.63) is 83.3 Å². The highest BCUT2D eigenvalue weighted by Crippen LogP contribution is 2.24. The SMILES string of the molecule is O=C(NNC(=O)c1ccc(COc2ccccc2)o1)c1ccc2c(c1)COCO2. The molecule has 148 valence electrons. The zero-order valence-corrected chi connectivity index (χ0v) is 15.3. The van der Waals surface area contributed by atoms with Crippen LogP contribution in [0.2, 0.25) is 0 Å². The van der Waals surface area contributed by atoms with Gasteiger partial charge in [0.2, 0.25) is 0 Å². The molecule has 8 heteroatoms. The molecule has 3 aromatic rings. The molecular weight excluding hydrogens is 376 g/mol. The minimum absolute atomic E-state index is 0.0594. The molecule has 0 spiro atoms. The van der Waals surface area contributed by atoms with Gasteiger partial charge in [0.1, 0.15) is 23.9 Å². The Balaban J connectivity index is 1.30. The average Bonchev–Trinajstić information content (AvgIpc) is 3.25. The average molecular weight is 394 g/mol. The van der Waals surface area contributed by atoms with Crippen LogP contribution in [0.25, 0.3) is 0 Å². The van der Waals surface area contributed by atoms with Crippen molar-refractivity contribution in [2.45, 2.75) is 13.2 Å². The number of nitrogens with one attached hydrogen (secondary N) is 2. The van der Waals surface area contributed by atoms with Crippen LogP contribution in [0, 0.1) is 0 Å². The van der Waals surface area contributed by atoms with E-state index in [2.05, 4.69) is 10.9 Å². The van der Waals surface area contributed by atoms with Gasteiger partial charge in [-0.1, -0.05) is 18.2 Å². The third kappa shape index (κ3) is 4.56. The van der Waals surface area contributed by atoms with Gasteiger partial charge in [-0.05, 0) is 42.5 Å². The molecule has 0 saturated carbocycles. The minimum atomic E-state index is -0.575. The molecule has 1 aliphatic rings. The Morgan fingerprint density at radius 1 is 0.966 bits per heavy atom. The molecule has 29 heavy (non-hydrogen) atoms. The highest BCUT2D eigenvalue weighted by molar-refractivity contribution is 5.98. The second-order valence-corrected chi connectivity index (χ2v) is 6.21. The van der Waals surface area contributed by atoms with Crippen LogP contribution >= 0.6 is 0 Å². The number of ether oxygens (including phenoxy) is 3. The zero-order chi connectivity index (χ0) is 20.1. The first kappa shape index (κ1) is 18.6. The van der Waals surface area contributed by atoms with E-state index >= 15 is 0 Å². The van der Waals surface area contributed by atoms with E-state index in [1.54, 1.807) is 24.3 Å². The zero-order valence-electron chi connectivity index (χ0n) is 15.3. The third-order valence-corrected chi connectivity index (χ3v) is 4.18. The standard InChI is InChI=1S/C21H18N2O6/c24-20(14-6-8-18-15(10-14)11-26-13-28-18)22-23-21(25)19-9-7-17(29-19)12-27-16-4-2-1-3-5-16/h1-10H,11-13H2,(H,22,24)(H,23,25). The third-order valence-electron chi connectivity index (χ3n) is 4.18. The summed E-state index contributed by atoms with van der Waals surface area (Å²) >= 11 is 0. The van der Waals surface area contributed by atoms with E-state index in [9.17, 15) is 9.59 Å². The van der Waals surface area contributed by atoms with Crippen molar-refractivity contribution in [1.29, 1.82) is 0 Å². The summed E-state index contributed by atoms with van der Waals surface area (Å²) in [6, 6.07) is 17.4. The molecule has 0 radical (unpaired) electrons. The Morgan fingerprint density at radius 3 is 2.66 bits per heavy atom. The monoisotopic (exact) mass is 394 g/mol. The van der Waals surface area contributed by atoms with Crippen molar-refractivity contribution in [2.24, 2.45) is 0 Å². The fourth-order valence-electron chi connectivity index (χ4n) is 2.73. The lowest BCUT2D eigenvalue weighted by atomic mass is 10.1. The molecule has 8 nitrogen and oxygen atoms in total. The van der Waals surface area contributed by atoms with Crippen LogP contribution < -0.4 is 20.3 Å². The van der Waals surface area contributed by atoms with E-state index in [4.69, 9.17) is 18.6 Å². The molecule has 2 heterocycles. The van der Waals surface area contributed by atoms with Crippen LogP contribution in [0.3, 0.4) is 0 Å². The van der Waals surface area contributed by atoms with Crippen molar-refractivity contribution in [2.75, 3.05) is 6.79 Å². The van der Waals surface area contributed by atoms with Crippen LogP contribution in [0.4, 0.5) is 0 Å². The maximum atomic E-state index is 12.3. The lowest BCUT2D eigenvalue weighted by Crippen LogP contribution is -2.41. The number of carbonyl (C=O) groups excluding carboxylic acids is 2. The number of hydrogen-bond donors (Lipinski definition) is 2. The Kier molecular flexibility index (Phi) is 5.44. The van der Waals surface area contributed by atoms with Crippen molar-refractivity contribution < 1.29 is 28.2 Å². The predicted molar refractivity (Wildman–Crippen MR) is 101 cm³/mol. The minimum Gasteiger partial charge on any atom is -0.486 e. The molecular formula is C21H18N2O6. The van der Waals surface area contributed by atoms with Gasteiger partial charge in [0.25, 0.3) is 5.91 Å². The molecule has 0 saturated heterocycles. The van der Waals surface area contributed by atoms with Crippen molar-refractivity contribution in [3.8, 4) is 11.5 Å². The molecule has 4 rings (SSSR count). The summed E-state index contributed by atoms with van der Waals surface area (Å²) in [6.45, 7) is 0.738. The lowest BCUT2D eigenvalue weighted by Gasteiger charge is -2.18. The second kappa shape index (κ2) is 8.49. The van der Waals surface area contributed by atoms with Crippen LogP contribution in [-0.4, -0.2) is 18.6 Å². The normalized spacial score (nSPS) is 12.4. The number of carbonyl (C=O) groups is 2. The maximum absolute atomic E-state index is 12.3. The largest absolute Gasteiger partial charge is 0.486 e. The van der Waals surface area contributed by atoms with Gasteiger partial charge in [0, 0.05) is 11.1 Å². The number of furan rings is 1. The first-order valence-electron chi connectivity index (χ1n) is 8.90. The van der Waals surface area contributed by atoms with Gasteiger partial charge in [0.05, 0.1) is 6.61 Å². The lowest BCUT2D eigenvalue weighted by molar-refractivity contribution is -0.0163. The second-order valence-electron chi connectivity index (χ2n) is 6.21. The van der Waals surface area contributed by atoms with E-state index in [1.807, 2.05) is 30.3 Å². The summed E-state index contributed by atoms with van der Waals surface area (Å²) in [7, 11) is 0. The van der Waals surface area contributed by atoms with E-state index in [-0.39, 0.29) is 19.2 Å². The highest BCUT2D eigenvalue weighted by Gasteiger charge is 2.16. The Hall–Kier alpha value is -3.78. The summed E-state index contributed by atoms with van der Waals surface area (Å²) in [5.74, 6) is 0.879. The van der Waals surface area contributed by atoms with Gasteiger partial charge in [-0.25, -0.2) is 0 Å². The molecule has 0 bridgehead atoms. The van der Waals surface area contributed by atoms with Crippen LogP contribution in [0.5, 0.6) is 11.5 Å². The molecule has 0 fully saturated rings. The highest BCUT2D eigenvalue weighted by atomic mass is 16.7. The van der Waals surface area contributed by atoms with Gasteiger partial charge < -0.3 is 18.6 Å². The number of rotatable bonds is 5. The van der Waals surface area contributed by atoms with Crippen LogP contribution in [0.1, 0.15) is 32.2 Å². The smallest absolute Gasteiger partial charge is 0.305 e. The van der Waals surface area contributed by atoms with Gasteiger partial charge in [-0.15, -0.1) is 0 Å². The number of amides is 2. The maximum Gasteiger partial charge on any atom is 0.305 e. The van der Waals surface area contributed by atoms with E-state index in [0.29, 0.717) is 29.4 Å².